The summed E-state index contributed by atoms with van der Waals surface area (Å²) in [5.74, 6) is 1.66. The molecule has 302 valence electrons. The number of benzene rings is 2. The fourth-order valence-corrected chi connectivity index (χ4v) is 9.91. The molecule has 1 unspecified atom stereocenters. The van der Waals surface area contributed by atoms with Gasteiger partial charge in [0.25, 0.3) is 11.8 Å². The van der Waals surface area contributed by atoms with E-state index < -0.39 is 11.7 Å². The highest BCUT2D eigenvalue weighted by atomic mass is 32.2. The second kappa shape index (κ2) is 18.1. The minimum Gasteiger partial charge on any atom is -0.438 e. The van der Waals surface area contributed by atoms with E-state index in [0.717, 1.165) is 112 Å². The molecule has 0 spiro atoms. The molecule has 2 aromatic heterocycles. The van der Waals surface area contributed by atoms with Gasteiger partial charge in [0.15, 0.2) is 0 Å². The maximum atomic E-state index is 14.6. The lowest BCUT2D eigenvalue weighted by Crippen LogP contribution is -2.53. The van der Waals surface area contributed by atoms with E-state index in [4.69, 9.17) is 4.74 Å². The number of thioether (sulfide) groups is 1. The fraction of sp³-hybridized carbons (Fsp3) is 0.500. The zero-order valence-electron chi connectivity index (χ0n) is 33.1. The molecule has 4 aromatic rings. The molecule has 3 aliphatic heterocycles. The summed E-state index contributed by atoms with van der Waals surface area (Å²) in [7, 11) is 0. The second-order valence-electron chi connectivity index (χ2n) is 16.4. The number of nitrogens with zero attached hydrogens (tertiary/aromatic N) is 5. The number of nitrogens with one attached hydrogen (secondary N) is 3. The first-order valence-electron chi connectivity index (χ1n) is 20.7. The molecule has 3 N–H and O–H groups in total. The predicted molar refractivity (Wildman–Crippen MR) is 222 cm³/mol. The van der Waals surface area contributed by atoms with E-state index in [2.05, 4.69) is 73.9 Å². The number of piperazine rings is 1. The number of hydrogen-bond acceptors (Lipinski definition) is 9. The minimum atomic E-state index is -0.612. The van der Waals surface area contributed by atoms with Gasteiger partial charge in [0.2, 0.25) is 5.88 Å². The number of hydrogen-bond donors (Lipinski definition) is 3. The number of aromatic nitrogens is 3. The third-order valence-electron chi connectivity index (χ3n) is 11.7. The Hall–Kier alpha value is -4.30. The molecular weight excluding hydrogens is 740 g/mol. The van der Waals surface area contributed by atoms with Gasteiger partial charge in [-0.15, -0.1) is 0 Å². The normalized spacial score (nSPS) is 23.1. The Bertz CT molecular complexity index is 2010. The van der Waals surface area contributed by atoms with Crippen LogP contribution in [0, 0.1) is 5.82 Å². The molecule has 11 nitrogen and oxygen atoms in total. The third kappa shape index (κ3) is 10.1. The van der Waals surface area contributed by atoms with Crippen LogP contribution in [-0.2, 0) is 26.1 Å². The summed E-state index contributed by atoms with van der Waals surface area (Å²) in [4.78, 5) is 35.9. The number of aryl methyl sites for hydroxylation is 2. The van der Waals surface area contributed by atoms with E-state index in [9.17, 15) is 14.0 Å². The summed E-state index contributed by atoms with van der Waals surface area (Å²) >= 11 is 2.01. The maximum Gasteiger partial charge on any atom is 0.272 e. The molecule has 0 bridgehead atoms. The molecule has 3 fully saturated rings. The molecule has 0 radical (unpaired) electrons. The van der Waals surface area contributed by atoms with Crippen LogP contribution in [0.1, 0.15) is 90.0 Å². The number of carbonyl (C=O) groups is 2. The molecule has 1 saturated carbocycles. The zero-order chi connectivity index (χ0) is 39.3. The van der Waals surface area contributed by atoms with Gasteiger partial charge in [0.05, 0.1) is 6.20 Å². The molecule has 13 heteroatoms. The number of rotatable bonds is 11. The molecular formula is C44H55FN8O3S. The highest BCUT2D eigenvalue weighted by Crippen LogP contribution is 2.33. The van der Waals surface area contributed by atoms with Crippen molar-refractivity contribution in [3.8, 4) is 22.8 Å². The van der Waals surface area contributed by atoms with Gasteiger partial charge in [-0.05, 0) is 105 Å². The Kier molecular flexibility index (Phi) is 12.5. The summed E-state index contributed by atoms with van der Waals surface area (Å²) in [6.45, 7) is 11.3. The van der Waals surface area contributed by atoms with Crippen LogP contribution >= 0.6 is 11.8 Å². The summed E-state index contributed by atoms with van der Waals surface area (Å²) in [5.41, 5.74) is 6.38. The van der Waals surface area contributed by atoms with E-state index in [0.29, 0.717) is 36.4 Å². The van der Waals surface area contributed by atoms with Crippen LogP contribution in [0.3, 0.4) is 0 Å². The van der Waals surface area contributed by atoms with Crippen molar-refractivity contribution in [2.45, 2.75) is 103 Å². The topological polar surface area (TPSA) is 117 Å². The Labute approximate surface area is 339 Å². The quantitative estimate of drug-likeness (QED) is 0.158. The van der Waals surface area contributed by atoms with Crippen molar-refractivity contribution >= 4 is 23.6 Å². The van der Waals surface area contributed by atoms with Crippen LogP contribution < -0.4 is 20.7 Å². The lowest BCUT2D eigenvalue weighted by atomic mass is 9.91. The summed E-state index contributed by atoms with van der Waals surface area (Å²) < 4.78 is 22.8. The maximum absolute atomic E-state index is 14.6. The average molecular weight is 795 g/mol. The van der Waals surface area contributed by atoms with Crippen molar-refractivity contribution in [3.63, 3.8) is 0 Å². The fourth-order valence-electron chi connectivity index (χ4n) is 8.93. The molecule has 1 aliphatic carbocycles. The van der Waals surface area contributed by atoms with Crippen molar-refractivity contribution < 1.29 is 18.7 Å². The smallest absolute Gasteiger partial charge is 0.272 e. The van der Waals surface area contributed by atoms with Crippen molar-refractivity contribution in [1.82, 2.24) is 40.5 Å². The average Bonchev–Trinajstić information content (AvgIpc) is 3.65. The van der Waals surface area contributed by atoms with Gasteiger partial charge in [0.1, 0.15) is 22.8 Å². The van der Waals surface area contributed by atoms with E-state index in [-0.39, 0.29) is 29.4 Å². The van der Waals surface area contributed by atoms with Crippen LogP contribution in [0.25, 0.3) is 11.1 Å². The van der Waals surface area contributed by atoms with Crippen molar-refractivity contribution in [2.75, 3.05) is 37.7 Å². The van der Waals surface area contributed by atoms with Crippen LogP contribution in [0.4, 0.5) is 4.39 Å². The first kappa shape index (κ1) is 39.5. The van der Waals surface area contributed by atoms with Crippen LogP contribution in [0.15, 0.2) is 60.8 Å². The van der Waals surface area contributed by atoms with E-state index in [1.54, 1.807) is 0 Å². The molecule has 57 heavy (non-hydrogen) atoms. The Morgan fingerprint density at radius 1 is 0.877 bits per heavy atom. The van der Waals surface area contributed by atoms with Crippen molar-refractivity contribution in [2.24, 2.45) is 0 Å². The van der Waals surface area contributed by atoms with Gasteiger partial charge in [0, 0.05) is 87.2 Å². The predicted octanol–water partition coefficient (Wildman–Crippen LogP) is 6.41. The summed E-state index contributed by atoms with van der Waals surface area (Å²) in [6.07, 6.45) is 7.04. The Morgan fingerprint density at radius 2 is 1.63 bits per heavy atom. The van der Waals surface area contributed by atoms with Gasteiger partial charge in [-0.3, -0.25) is 24.1 Å². The van der Waals surface area contributed by atoms with Gasteiger partial charge >= 0.3 is 0 Å². The standard InChI is InChI=1S/C44H55FN8O3S/c1-29-25-52(26-30(2)47-29)27-31-9-14-39(33(20-31)28-51-16-18-57-19-17-51)32-6-5-8-38(21-32)56-44-40(22-34(45)24-46-44)42(54)48-35-10-12-36(13-11-35)49-43(55)41-23-37-7-3-4-15-53(37)50-41/h5-6,8-9,14,20-24,29-30,35-36,47H,3-4,7,10-13,15-19,25-28H2,1-2H3,(H,48,54)(H,49,55)/t29-,30?,35?,36?/m0/s1. The number of ether oxygens (including phenoxy) is 1. The Morgan fingerprint density at radius 3 is 2.39 bits per heavy atom. The largest absolute Gasteiger partial charge is 0.438 e. The molecule has 2 amide bonds. The summed E-state index contributed by atoms with van der Waals surface area (Å²) in [6, 6.07) is 18.6. The molecule has 2 atom stereocenters. The number of amides is 2. The Balaban J connectivity index is 0.930. The monoisotopic (exact) mass is 794 g/mol. The molecule has 2 saturated heterocycles. The number of fused-ring (bicyclic) bond motifs is 1. The third-order valence-corrected chi connectivity index (χ3v) is 12.6. The van der Waals surface area contributed by atoms with Crippen molar-refractivity contribution in [1.29, 1.82) is 0 Å². The van der Waals surface area contributed by atoms with Crippen LogP contribution in [0.5, 0.6) is 11.6 Å². The molecule has 2 aromatic carbocycles. The number of pyridine rings is 1. The second-order valence-corrected chi connectivity index (χ2v) is 17.6. The van der Waals surface area contributed by atoms with Crippen LogP contribution in [0.2, 0.25) is 0 Å². The summed E-state index contributed by atoms with van der Waals surface area (Å²) in [5, 5.41) is 14.4. The van der Waals surface area contributed by atoms with E-state index in [1.807, 2.05) is 40.7 Å². The van der Waals surface area contributed by atoms with Gasteiger partial charge in [-0.2, -0.15) is 16.9 Å². The van der Waals surface area contributed by atoms with Crippen molar-refractivity contribution in [3.05, 3.63) is 94.7 Å². The van der Waals surface area contributed by atoms with Crippen LogP contribution in [-0.4, -0.2) is 98.2 Å². The lowest BCUT2D eigenvalue weighted by molar-refractivity contribution is 0.0887. The zero-order valence-corrected chi connectivity index (χ0v) is 34.0. The van der Waals surface area contributed by atoms with E-state index in [1.165, 1.54) is 17.2 Å². The highest BCUT2D eigenvalue weighted by Gasteiger charge is 2.28. The SMILES string of the molecule is CC1CN(Cc2ccc(-c3cccc(Oc4ncc(F)cc4C(=O)NC4CCC(NC(=O)c5cc6n(n5)CCCC6)CC4)c3)c(CN3CCSCC3)c2)C[C@H](C)N1. The molecule has 5 heterocycles. The minimum absolute atomic E-state index is 0.00168. The number of halogens is 1. The molecule has 8 rings (SSSR count). The first-order valence-corrected chi connectivity index (χ1v) is 21.9. The highest BCUT2D eigenvalue weighted by molar-refractivity contribution is 7.99. The van der Waals surface area contributed by atoms with E-state index >= 15 is 0 Å². The lowest BCUT2D eigenvalue weighted by Gasteiger charge is -2.36. The molecule has 4 aliphatic rings. The first-order chi connectivity index (χ1) is 27.7. The van der Waals surface area contributed by atoms with Gasteiger partial charge in [-0.25, -0.2) is 9.37 Å². The van der Waals surface area contributed by atoms with Gasteiger partial charge in [-0.1, -0.05) is 30.3 Å². The van der Waals surface area contributed by atoms with Gasteiger partial charge < -0.3 is 20.7 Å². The number of carbonyl (C=O) groups excluding carboxylic acids is 2.